The van der Waals surface area contributed by atoms with Gasteiger partial charge in [-0.05, 0) is 51.9 Å². The Balaban J connectivity index is 1.98. The molecule has 3 nitrogen and oxygen atoms in total. The Bertz CT molecular complexity index is 398. The van der Waals surface area contributed by atoms with E-state index in [0.717, 1.165) is 18.7 Å². The third-order valence-corrected chi connectivity index (χ3v) is 4.43. The highest BCUT2D eigenvalue weighted by atomic mass is 19.1. The molecule has 2 rings (SSSR count). The lowest BCUT2D eigenvalue weighted by atomic mass is 9.75. The van der Waals surface area contributed by atoms with Gasteiger partial charge >= 0.3 is 0 Å². The van der Waals surface area contributed by atoms with Crippen molar-refractivity contribution < 1.29 is 4.39 Å². The highest BCUT2D eigenvalue weighted by Gasteiger charge is 2.39. The first kappa shape index (κ1) is 14.4. The normalized spacial score (nSPS) is 19.2. The summed E-state index contributed by atoms with van der Waals surface area (Å²) in [5, 5.41) is 3.60. The largest absolute Gasteiger partial charge is 0.307 e. The lowest BCUT2D eigenvalue weighted by Gasteiger charge is -2.48. The van der Waals surface area contributed by atoms with E-state index in [9.17, 15) is 4.39 Å². The molecule has 0 aromatic carbocycles. The molecule has 106 valence electrons. The van der Waals surface area contributed by atoms with E-state index in [2.05, 4.69) is 36.2 Å². The van der Waals surface area contributed by atoms with Gasteiger partial charge in [0.2, 0.25) is 0 Å². The molecule has 1 unspecified atom stereocenters. The van der Waals surface area contributed by atoms with Gasteiger partial charge in [0.1, 0.15) is 5.82 Å². The summed E-state index contributed by atoms with van der Waals surface area (Å²) in [6.45, 7) is 3.10. The van der Waals surface area contributed by atoms with Crippen molar-refractivity contribution in [3.8, 4) is 0 Å². The van der Waals surface area contributed by atoms with Crippen molar-refractivity contribution in [3.05, 3.63) is 29.8 Å². The Hall–Kier alpha value is -1.00. The number of likely N-dealkylation sites (N-methyl/N-ethyl adjacent to an activating group) is 1. The summed E-state index contributed by atoms with van der Waals surface area (Å²) in [6.07, 6.45) is 6.07. The van der Waals surface area contributed by atoms with Gasteiger partial charge in [0.25, 0.3) is 0 Å². The van der Waals surface area contributed by atoms with Crippen molar-refractivity contribution in [1.29, 1.82) is 0 Å². The quantitative estimate of drug-likeness (QED) is 0.857. The molecule has 19 heavy (non-hydrogen) atoms. The Morgan fingerprint density at radius 3 is 2.58 bits per heavy atom. The molecule has 0 radical (unpaired) electrons. The van der Waals surface area contributed by atoms with Crippen LogP contribution in [-0.2, 0) is 0 Å². The monoisotopic (exact) mass is 265 g/mol. The van der Waals surface area contributed by atoms with E-state index in [1.54, 1.807) is 6.07 Å². The number of hydrogen-bond acceptors (Lipinski definition) is 3. The molecular formula is C15H24FN3. The van der Waals surface area contributed by atoms with Crippen molar-refractivity contribution in [2.45, 2.75) is 44.2 Å². The molecule has 0 spiro atoms. The Morgan fingerprint density at radius 2 is 2.16 bits per heavy atom. The Kier molecular flexibility index (Phi) is 4.53. The van der Waals surface area contributed by atoms with Crippen LogP contribution < -0.4 is 5.32 Å². The van der Waals surface area contributed by atoms with Crippen LogP contribution in [0, 0.1) is 5.82 Å². The van der Waals surface area contributed by atoms with E-state index in [4.69, 9.17) is 0 Å². The van der Waals surface area contributed by atoms with Crippen molar-refractivity contribution in [2.75, 3.05) is 20.6 Å². The molecule has 1 heterocycles. The smallest absolute Gasteiger partial charge is 0.141 e. The summed E-state index contributed by atoms with van der Waals surface area (Å²) < 4.78 is 12.9. The second-order valence-electron chi connectivity index (χ2n) is 5.72. The van der Waals surface area contributed by atoms with E-state index in [0.29, 0.717) is 5.54 Å². The molecule has 0 bridgehead atoms. The first-order valence-corrected chi connectivity index (χ1v) is 7.10. The number of pyridine rings is 1. The van der Waals surface area contributed by atoms with E-state index in [1.807, 2.05) is 0 Å². The summed E-state index contributed by atoms with van der Waals surface area (Å²) in [5.41, 5.74) is 1.23. The summed E-state index contributed by atoms with van der Waals surface area (Å²) in [5.74, 6) is -0.276. The number of halogens is 1. The first-order valence-electron chi connectivity index (χ1n) is 7.10. The SMILES string of the molecule is CCC(NCC1(N(C)C)CCC1)c1ccc(F)cn1. The molecule has 4 heteroatoms. The van der Waals surface area contributed by atoms with Crippen molar-refractivity contribution in [3.63, 3.8) is 0 Å². The first-order chi connectivity index (χ1) is 9.07. The Labute approximate surface area is 115 Å². The summed E-state index contributed by atoms with van der Waals surface area (Å²) >= 11 is 0. The van der Waals surface area contributed by atoms with Crippen molar-refractivity contribution in [2.24, 2.45) is 0 Å². The van der Waals surface area contributed by atoms with Gasteiger partial charge in [-0.25, -0.2) is 4.39 Å². The summed E-state index contributed by atoms with van der Waals surface area (Å²) in [7, 11) is 4.30. The third kappa shape index (κ3) is 3.12. The molecule has 1 aliphatic rings. The van der Waals surface area contributed by atoms with Crippen LogP contribution in [0.2, 0.25) is 0 Å². The number of aromatic nitrogens is 1. The zero-order valence-electron chi connectivity index (χ0n) is 12.1. The van der Waals surface area contributed by atoms with Gasteiger partial charge in [-0.1, -0.05) is 6.92 Å². The van der Waals surface area contributed by atoms with E-state index in [1.165, 1.54) is 31.5 Å². The van der Waals surface area contributed by atoms with Gasteiger partial charge in [0.15, 0.2) is 0 Å². The minimum absolute atomic E-state index is 0.207. The topological polar surface area (TPSA) is 28.2 Å². The second kappa shape index (κ2) is 5.97. The molecule has 1 fully saturated rings. The molecule has 1 aromatic rings. The highest BCUT2D eigenvalue weighted by molar-refractivity contribution is 5.10. The van der Waals surface area contributed by atoms with Gasteiger partial charge < -0.3 is 10.2 Å². The van der Waals surface area contributed by atoms with Crippen LogP contribution in [0.4, 0.5) is 4.39 Å². The second-order valence-corrected chi connectivity index (χ2v) is 5.72. The zero-order valence-corrected chi connectivity index (χ0v) is 12.1. The zero-order chi connectivity index (χ0) is 13.9. The molecule has 1 N–H and O–H groups in total. The summed E-state index contributed by atoms with van der Waals surface area (Å²) in [4.78, 5) is 6.52. The third-order valence-electron chi connectivity index (χ3n) is 4.43. The van der Waals surface area contributed by atoms with Crippen LogP contribution in [0.5, 0.6) is 0 Å². The molecule has 0 amide bonds. The number of hydrogen-bond donors (Lipinski definition) is 1. The average molecular weight is 265 g/mol. The predicted molar refractivity (Wildman–Crippen MR) is 75.5 cm³/mol. The van der Waals surface area contributed by atoms with Gasteiger partial charge in [-0.2, -0.15) is 0 Å². The molecular weight excluding hydrogens is 241 g/mol. The maximum atomic E-state index is 12.9. The van der Waals surface area contributed by atoms with Crippen LogP contribution in [0.15, 0.2) is 18.3 Å². The molecule has 0 saturated heterocycles. The van der Waals surface area contributed by atoms with Crippen LogP contribution in [0.3, 0.4) is 0 Å². The molecule has 1 saturated carbocycles. The minimum Gasteiger partial charge on any atom is -0.307 e. The van der Waals surface area contributed by atoms with Crippen LogP contribution in [0.1, 0.15) is 44.3 Å². The number of nitrogens with one attached hydrogen (secondary N) is 1. The van der Waals surface area contributed by atoms with Crippen LogP contribution >= 0.6 is 0 Å². The maximum Gasteiger partial charge on any atom is 0.141 e. The highest BCUT2D eigenvalue weighted by Crippen LogP contribution is 2.36. The molecule has 1 atom stereocenters. The van der Waals surface area contributed by atoms with E-state index < -0.39 is 0 Å². The minimum atomic E-state index is -0.276. The van der Waals surface area contributed by atoms with Gasteiger partial charge in [0.05, 0.1) is 11.9 Å². The van der Waals surface area contributed by atoms with Crippen molar-refractivity contribution in [1.82, 2.24) is 15.2 Å². The predicted octanol–water partition coefficient (Wildman–Crippen LogP) is 2.75. The van der Waals surface area contributed by atoms with Gasteiger partial charge in [-0.3, -0.25) is 4.98 Å². The van der Waals surface area contributed by atoms with Crippen LogP contribution in [0.25, 0.3) is 0 Å². The number of nitrogens with zero attached hydrogens (tertiary/aromatic N) is 2. The molecule has 1 aromatic heterocycles. The lowest BCUT2D eigenvalue weighted by Crippen LogP contribution is -2.56. The molecule has 1 aliphatic carbocycles. The lowest BCUT2D eigenvalue weighted by molar-refractivity contribution is 0.0567. The fourth-order valence-electron chi connectivity index (χ4n) is 2.73. The fraction of sp³-hybridized carbons (Fsp3) is 0.667. The van der Waals surface area contributed by atoms with E-state index >= 15 is 0 Å². The Morgan fingerprint density at radius 1 is 1.42 bits per heavy atom. The van der Waals surface area contributed by atoms with Crippen LogP contribution in [-0.4, -0.2) is 36.1 Å². The van der Waals surface area contributed by atoms with Gasteiger partial charge in [-0.15, -0.1) is 0 Å². The fourth-order valence-corrected chi connectivity index (χ4v) is 2.73. The number of rotatable bonds is 6. The summed E-state index contributed by atoms with van der Waals surface area (Å²) in [6, 6.07) is 3.47. The molecule has 0 aliphatic heterocycles. The maximum absolute atomic E-state index is 12.9. The average Bonchev–Trinajstić information content (AvgIpc) is 2.34. The van der Waals surface area contributed by atoms with E-state index in [-0.39, 0.29) is 11.9 Å². The van der Waals surface area contributed by atoms with Crippen molar-refractivity contribution >= 4 is 0 Å². The standard InChI is InChI=1S/C15H24FN3/c1-4-13(14-7-6-12(16)10-17-14)18-11-15(19(2)3)8-5-9-15/h6-7,10,13,18H,4-5,8-9,11H2,1-3H3. The van der Waals surface area contributed by atoms with Gasteiger partial charge in [0, 0.05) is 18.1 Å².